The average Bonchev–Trinajstić information content (AvgIpc) is 2.45. The molecule has 2 amide bonds. The van der Waals surface area contributed by atoms with Gasteiger partial charge in [0.15, 0.2) is 0 Å². The number of urea groups is 1. The molecule has 1 aromatic carbocycles. The third-order valence-corrected chi connectivity index (χ3v) is 2.40. The number of ether oxygens (including phenoxy) is 1. The number of benzene rings is 1. The summed E-state index contributed by atoms with van der Waals surface area (Å²) in [6.45, 7) is 2.38. The quantitative estimate of drug-likeness (QED) is 0.454. The van der Waals surface area contributed by atoms with Crippen LogP contribution in [0.2, 0.25) is 0 Å². The summed E-state index contributed by atoms with van der Waals surface area (Å²) < 4.78 is 4.85. The number of nitro groups is 1. The second kappa shape index (κ2) is 8.51. The fraction of sp³-hybridized carbons (Fsp3) is 0.385. The van der Waals surface area contributed by atoms with E-state index >= 15 is 0 Å². The molecule has 0 aliphatic heterocycles. The molecule has 0 aliphatic rings. The van der Waals surface area contributed by atoms with E-state index < -0.39 is 11.0 Å². The summed E-state index contributed by atoms with van der Waals surface area (Å²) >= 11 is 0. The molecule has 1 rings (SSSR count). The molecule has 0 radical (unpaired) electrons. The van der Waals surface area contributed by atoms with Crippen LogP contribution in [0.5, 0.6) is 0 Å². The van der Waals surface area contributed by atoms with Crippen LogP contribution in [-0.4, -0.2) is 30.1 Å². The van der Waals surface area contributed by atoms with Crippen LogP contribution in [0.15, 0.2) is 24.3 Å². The summed E-state index contributed by atoms with van der Waals surface area (Å²) in [6, 6.07) is 5.03. The lowest BCUT2D eigenvalue weighted by atomic mass is 10.3. The lowest BCUT2D eigenvalue weighted by Crippen LogP contribution is -2.30. The highest BCUT2D eigenvalue weighted by atomic mass is 16.6. The van der Waals surface area contributed by atoms with Crippen molar-refractivity contribution in [1.82, 2.24) is 5.32 Å². The van der Waals surface area contributed by atoms with Crippen LogP contribution in [0.25, 0.3) is 0 Å². The van der Waals surface area contributed by atoms with Crippen molar-refractivity contribution < 1.29 is 19.2 Å². The maximum absolute atomic E-state index is 11.5. The predicted molar refractivity (Wildman–Crippen MR) is 76.0 cm³/mol. The molecule has 0 unspecified atom stereocenters. The number of hydrogen-bond acceptors (Lipinski definition) is 5. The van der Waals surface area contributed by atoms with E-state index in [2.05, 4.69) is 10.6 Å². The fourth-order valence-corrected chi connectivity index (χ4v) is 1.44. The molecule has 0 saturated carbocycles. The Morgan fingerprint density at radius 3 is 2.81 bits per heavy atom. The second-order valence-corrected chi connectivity index (χ2v) is 4.16. The lowest BCUT2D eigenvalue weighted by molar-refractivity contribution is -0.384. The standard InChI is InChI=1S/C13H17N3O5/c1-2-8-21-12(17)6-7-14-13(18)15-10-4-3-5-11(9-10)16(19)20/h3-5,9H,2,6-8H2,1H3,(H2,14,15,18). The Hall–Kier alpha value is -2.64. The Bertz CT molecular complexity index is 518. The summed E-state index contributed by atoms with van der Waals surface area (Å²) in [4.78, 5) is 32.8. The van der Waals surface area contributed by atoms with Crippen molar-refractivity contribution in [3.05, 3.63) is 34.4 Å². The molecular weight excluding hydrogens is 278 g/mol. The van der Waals surface area contributed by atoms with Crippen molar-refractivity contribution in [3.8, 4) is 0 Å². The van der Waals surface area contributed by atoms with Gasteiger partial charge < -0.3 is 15.4 Å². The van der Waals surface area contributed by atoms with Crippen molar-refractivity contribution in [2.45, 2.75) is 19.8 Å². The molecule has 0 spiro atoms. The molecule has 0 saturated heterocycles. The van der Waals surface area contributed by atoms with Crippen molar-refractivity contribution in [3.63, 3.8) is 0 Å². The van der Waals surface area contributed by atoms with E-state index in [9.17, 15) is 19.7 Å². The molecule has 0 fully saturated rings. The van der Waals surface area contributed by atoms with Gasteiger partial charge in [0.2, 0.25) is 0 Å². The highest BCUT2D eigenvalue weighted by Gasteiger charge is 2.08. The molecule has 114 valence electrons. The van der Waals surface area contributed by atoms with Crippen molar-refractivity contribution in [1.29, 1.82) is 0 Å². The first kappa shape index (κ1) is 16.4. The molecule has 0 aromatic heterocycles. The third-order valence-electron chi connectivity index (χ3n) is 2.40. The van der Waals surface area contributed by atoms with Gasteiger partial charge in [-0.05, 0) is 12.5 Å². The minimum Gasteiger partial charge on any atom is -0.466 e. The number of rotatable bonds is 7. The number of anilines is 1. The van der Waals surface area contributed by atoms with Crippen LogP contribution in [0.1, 0.15) is 19.8 Å². The van der Waals surface area contributed by atoms with Gasteiger partial charge in [0, 0.05) is 24.4 Å². The molecule has 0 aliphatic carbocycles. The Morgan fingerprint density at radius 2 is 2.14 bits per heavy atom. The number of nitrogens with one attached hydrogen (secondary N) is 2. The third kappa shape index (κ3) is 6.37. The average molecular weight is 295 g/mol. The Kier molecular flexibility index (Phi) is 6.66. The van der Waals surface area contributed by atoms with E-state index in [0.717, 1.165) is 6.42 Å². The van der Waals surface area contributed by atoms with Crippen molar-refractivity contribution >= 4 is 23.4 Å². The van der Waals surface area contributed by atoms with Gasteiger partial charge in [-0.25, -0.2) is 4.79 Å². The van der Waals surface area contributed by atoms with Gasteiger partial charge in [-0.15, -0.1) is 0 Å². The van der Waals surface area contributed by atoms with Gasteiger partial charge in [-0.2, -0.15) is 0 Å². The maximum atomic E-state index is 11.5. The van der Waals surface area contributed by atoms with Gasteiger partial charge in [-0.3, -0.25) is 14.9 Å². The molecule has 0 bridgehead atoms. The number of nitrogens with zero attached hydrogens (tertiary/aromatic N) is 1. The van der Waals surface area contributed by atoms with E-state index in [-0.39, 0.29) is 24.6 Å². The molecule has 2 N–H and O–H groups in total. The molecule has 0 heterocycles. The van der Waals surface area contributed by atoms with Crippen LogP contribution < -0.4 is 10.6 Å². The minimum atomic E-state index is -0.549. The topological polar surface area (TPSA) is 111 Å². The first-order chi connectivity index (χ1) is 10.0. The van der Waals surface area contributed by atoms with Gasteiger partial charge in [0.1, 0.15) is 0 Å². The number of hydrogen-bond donors (Lipinski definition) is 2. The first-order valence-corrected chi connectivity index (χ1v) is 6.48. The van der Waals surface area contributed by atoms with Crippen LogP contribution in [-0.2, 0) is 9.53 Å². The Balaban J connectivity index is 2.35. The van der Waals surface area contributed by atoms with Crippen LogP contribution in [0, 0.1) is 10.1 Å². The predicted octanol–water partition coefficient (Wildman–Crippen LogP) is 2.06. The second-order valence-electron chi connectivity index (χ2n) is 4.16. The highest BCUT2D eigenvalue weighted by Crippen LogP contribution is 2.16. The van der Waals surface area contributed by atoms with E-state index in [1.165, 1.54) is 24.3 Å². The number of non-ortho nitro benzene ring substituents is 1. The normalized spacial score (nSPS) is 9.76. The minimum absolute atomic E-state index is 0.0718. The number of carbonyl (C=O) groups excluding carboxylic acids is 2. The van der Waals surface area contributed by atoms with E-state index in [4.69, 9.17) is 4.74 Å². The van der Waals surface area contributed by atoms with Crippen LogP contribution in [0.3, 0.4) is 0 Å². The van der Waals surface area contributed by atoms with Crippen LogP contribution >= 0.6 is 0 Å². The molecule has 1 aromatic rings. The first-order valence-electron chi connectivity index (χ1n) is 6.48. The zero-order valence-corrected chi connectivity index (χ0v) is 11.6. The van der Waals surface area contributed by atoms with Crippen molar-refractivity contribution in [2.75, 3.05) is 18.5 Å². The molecule has 8 heteroatoms. The monoisotopic (exact) mass is 295 g/mol. The molecule has 21 heavy (non-hydrogen) atoms. The fourth-order valence-electron chi connectivity index (χ4n) is 1.44. The lowest BCUT2D eigenvalue weighted by Gasteiger charge is -2.07. The van der Waals surface area contributed by atoms with Gasteiger partial charge in [-0.1, -0.05) is 13.0 Å². The van der Waals surface area contributed by atoms with Crippen molar-refractivity contribution in [2.24, 2.45) is 0 Å². The SMILES string of the molecule is CCCOC(=O)CCNC(=O)Nc1cccc([N+](=O)[O-])c1. The summed E-state index contributed by atoms with van der Waals surface area (Å²) in [6.07, 6.45) is 0.814. The number of amides is 2. The van der Waals surface area contributed by atoms with Gasteiger partial charge in [0.25, 0.3) is 5.69 Å². The van der Waals surface area contributed by atoms with Gasteiger partial charge >= 0.3 is 12.0 Å². The van der Waals surface area contributed by atoms with E-state index in [1.807, 2.05) is 6.92 Å². The smallest absolute Gasteiger partial charge is 0.319 e. The molecular formula is C13H17N3O5. The number of nitro benzene ring substituents is 1. The zero-order chi connectivity index (χ0) is 15.7. The maximum Gasteiger partial charge on any atom is 0.319 e. The van der Waals surface area contributed by atoms with Crippen LogP contribution in [0.4, 0.5) is 16.2 Å². The number of esters is 1. The van der Waals surface area contributed by atoms with E-state index in [1.54, 1.807) is 0 Å². The summed E-state index contributed by atoms with van der Waals surface area (Å²) in [5, 5.41) is 15.5. The number of carbonyl (C=O) groups is 2. The summed E-state index contributed by atoms with van der Waals surface area (Å²) in [5.41, 5.74) is 0.186. The molecule has 8 nitrogen and oxygen atoms in total. The summed E-state index contributed by atoms with van der Waals surface area (Å²) in [7, 11) is 0. The van der Waals surface area contributed by atoms with E-state index in [0.29, 0.717) is 12.3 Å². The zero-order valence-electron chi connectivity index (χ0n) is 11.6. The molecule has 0 atom stereocenters. The Labute approximate surface area is 121 Å². The highest BCUT2D eigenvalue weighted by molar-refractivity contribution is 5.89. The summed E-state index contributed by atoms with van der Waals surface area (Å²) in [5.74, 6) is -0.382. The van der Waals surface area contributed by atoms with Gasteiger partial charge in [0.05, 0.1) is 18.0 Å². The largest absolute Gasteiger partial charge is 0.466 e. The Morgan fingerprint density at radius 1 is 1.38 bits per heavy atom.